The highest BCUT2D eigenvalue weighted by molar-refractivity contribution is 8.00. The van der Waals surface area contributed by atoms with Gasteiger partial charge in [-0.2, -0.15) is 11.8 Å². The van der Waals surface area contributed by atoms with Crippen LogP contribution in [0.1, 0.15) is 38.5 Å². The lowest BCUT2D eigenvalue weighted by Gasteiger charge is -2.36. The van der Waals surface area contributed by atoms with E-state index in [2.05, 4.69) is 11.8 Å². The van der Waals surface area contributed by atoms with Gasteiger partial charge in [0.25, 0.3) is 0 Å². The SMILES string of the molecule is COC(CCC1(O)CC2CCC(C1)S2)OC. The van der Waals surface area contributed by atoms with E-state index < -0.39 is 5.60 Å². The molecule has 0 radical (unpaired) electrons. The maximum absolute atomic E-state index is 10.6. The third-order valence-corrected chi connectivity index (χ3v) is 5.36. The average molecular weight is 246 g/mol. The fourth-order valence-corrected chi connectivity index (χ4v) is 4.84. The van der Waals surface area contributed by atoms with Crippen molar-refractivity contribution in [3.8, 4) is 0 Å². The summed E-state index contributed by atoms with van der Waals surface area (Å²) >= 11 is 2.08. The number of rotatable bonds is 5. The Kier molecular flexibility index (Phi) is 4.16. The number of methoxy groups -OCH3 is 2. The van der Waals surface area contributed by atoms with Gasteiger partial charge in [0, 0.05) is 31.1 Å². The van der Waals surface area contributed by atoms with Gasteiger partial charge in [-0.15, -0.1) is 0 Å². The molecule has 2 aliphatic heterocycles. The van der Waals surface area contributed by atoms with Crippen molar-refractivity contribution in [1.29, 1.82) is 0 Å². The first-order valence-corrected chi connectivity index (χ1v) is 7.03. The van der Waals surface area contributed by atoms with E-state index in [1.807, 2.05) is 0 Å². The Morgan fingerprint density at radius 3 is 2.31 bits per heavy atom. The second-order valence-corrected chi connectivity index (χ2v) is 6.64. The summed E-state index contributed by atoms with van der Waals surface area (Å²) in [5.41, 5.74) is -0.466. The van der Waals surface area contributed by atoms with Crippen molar-refractivity contribution in [2.45, 2.75) is 60.9 Å². The number of hydrogen-bond donors (Lipinski definition) is 1. The van der Waals surface area contributed by atoms with Crippen molar-refractivity contribution in [2.75, 3.05) is 14.2 Å². The lowest BCUT2D eigenvalue weighted by atomic mass is 9.88. The molecule has 0 amide bonds. The molecule has 3 nitrogen and oxygen atoms in total. The summed E-state index contributed by atoms with van der Waals surface area (Å²) in [6.07, 6.45) is 5.89. The smallest absolute Gasteiger partial charge is 0.156 e. The molecule has 0 aromatic rings. The van der Waals surface area contributed by atoms with E-state index in [9.17, 15) is 5.11 Å². The Hall–Kier alpha value is 0.230. The molecule has 0 aromatic heterocycles. The van der Waals surface area contributed by atoms with Crippen LogP contribution >= 0.6 is 11.8 Å². The number of fused-ring (bicyclic) bond motifs is 2. The van der Waals surface area contributed by atoms with Gasteiger partial charge < -0.3 is 14.6 Å². The Bertz CT molecular complexity index is 218. The summed E-state index contributed by atoms with van der Waals surface area (Å²) in [6, 6.07) is 0. The van der Waals surface area contributed by atoms with Crippen LogP contribution in [0.15, 0.2) is 0 Å². The number of thioether (sulfide) groups is 1. The van der Waals surface area contributed by atoms with E-state index in [1.165, 1.54) is 12.8 Å². The average Bonchev–Trinajstić information content (AvgIpc) is 2.60. The summed E-state index contributed by atoms with van der Waals surface area (Å²) in [4.78, 5) is 0. The van der Waals surface area contributed by atoms with Crippen molar-refractivity contribution in [1.82, 2.24) is 0 Å². The molecular weight excluding hydrogens is 224 g/mol. The molecule has 2 heterocycles. The predicted molar refractivity (Wildman–Crippen MR) is 65.6 cm³/mol. The van der Waals surface area contributed by atoms with Crippen molar-refractivity contribution in [3.63, 3.8) is 0 Å². The normalized spacial score (nSPS) is 38.2. The molecule has 94 valence electrons. The number of aliphatic hydroxyl groups is 1. The van der Waals surface area contributed by atoms with Crippen LogP contribution in [0.5, 0.6) is 0 Å². The van der Waals surface area contributed by atoms with E-state index in [0.717, 1.165) is 25.7 Å². The predicted octanol–water partition coefficient (Wildman–Crippen LogP) is 2.17. The Labute approximate surface area is 102 Å². The third-order valence-electron chi connectivity index (χ3n) is 3.78. The molecule has 0 aliphatic carbocycles. The van der Waals surface area contributed by atoms with E-state index in [1.54, 1.807) is 14.2 Å². The van der Waals surface area contributed by atoms with Gasteiger partial charge in [-0.25, -0.2) is 0 Å². The molecule has 16 heavy (non-hydrogen) atoms. The molecule has 0 spiro atoms. The van der Waals surface area contributed by atoms with Crippen LogP contribution < -0.4 is 0 Å². The molecule has 2 rings (SSSR count). The number of ether oxygens (including phenoxy) is 2. The summed E-state index contributed by atoms with van der Waals surface area (Å²) in [5, 5.41) is 11.9. The Morgan fingerprint density at radius 1 is 1.25 bits per heavy atom. The molecule has 0 aromatic carbocycles. The van der Waals surface area contributed by atoms with Crippen LogP contribution in [-0.4, -0.2) is 41.7 Å². The molecule has 2 fully saturated rings. The fourth-order valence-electron chi connectivity index (χ4n) is 2.93. The van der Waals surface area contributed by atoms with Crippen LogP contribution in [-0.2, 0) is 9.47 Å². The number of hydrogen-bond acceptors (Lipinski definition) is 4. The van der Waals surface area contributed by atoms with Crippen molar-refractivity contribution >= 4 is 11.8 Å². The molecule has 1 N–H and O–H groups in total. The second kappa shape index (κ2) is 5.25. The van der Waals surface area contributed by atoms with Gasteiger partial charge in [0.2, 0.25) is 0 Å². The molecule has 2 saturated heterocycles. The topological polar surface area (TPSA) is 38.7 Å². The highest BCUT2D eigenvalue weighted by Crippen LogP contribution is 2.48. The summed E-state index contributed by atoms with van der Waals surface area (Å²) < 4.78 is 10.3. The minimum absolute atomic E-state index is 0.170. The van der Waals surface area contributed by atoms with E-state index >= 15 is 0 Å². The van der Waals surface area contributed by atoms with Crippen LogP contribution in [0.3, 0.4) is 0 Å². The molecule has 2 unspecified atom stereocenters. The molecule has 2 atom stereocenters. The Morgan fingerprint density at radius 2 is 1.81 bits per heavy atom. The van der Waals surface area contributed by atoms with Crippen molar-refractivity contribution in [3.05, 3.63) is 0 Å². The minimum atomic E-state index is -0.466. The zero-order valence-electron chi connectivity index (χ0n) is 10.1. The van der Waals surface area contributed by atoms with Crippen LogP contribution in [0.4, 0.5) is 0 Å². The summed E-state index contributed by atoms with van der Waals surface area (Å²) in [7, 11) is 3.30. The van der Waals surface area contributed by atoms with Crippen LogP contribution in [0, 0.1) is 0 Å². The van der Waals surface area contributed by atoms with Crippen molar-refractivity contribution in [2.24, 2.45) is 0 Å². The zero-order chi connectivity index (χ0) is 11.6. The molecule has 0 saturated carbocycles. The second-order valence-electron chi connectivity index (χ2n) is 5.03. The largest absolute Gasteiger partial charge is 0.390 e. The third kappa shape index (κ3) is 2.92. The van der Waals surface area contributed by atoms with Crippen LogP contribution in [0.2, 0.25) is 0 Å². The van der Waals surface area contributed by atoms with Gasteiger partial charge in [0.15, 0.2) is 6.29 Å². The highest BCUT2D eigenvalue weighted by Gasteiger charge is 2.43. The lowest BCUT2D eigenvalue weighted by Crippen LogP contribution is -2.38. The monoisotopic (exact) mass is 246 g/mol. The Balaban J connectivity index is 1.83. The first-order valence-electron chi connectivity index (χ1n) is 6.08. The zero-order valence-corrected chi connectivity index (χ0v) is 11.0. The first kappa shape index (κ1) is 12.7. The fraction of sp³-hybridized carbons (Fsp3) is 1.00. The van der Waals surface area contributed by atoms with Gasteiger partial charge in [0.05, 0.1) is 5.60 Å². The standard InChI is InChI=1S/C12H22O3S/c1-14-11(15-2)5-6-12(13)7-9-3-4-10(8-12)16-9/h9-11,13H,3-8H2,1-2H3. The summed E-state index contributed by atoms with van der Waals surface area (Å²) in [6.45, 7) is 0. The van der Waals surface area contributed by atoms with E-state index in [4.69, 9.17) is 9.47 Å². The summed E-state index contributed by atoms with van der Waals surface area (Å²) in [5.74, 6) is 0. The molecule has 2 bridgehead atoms. The van der Waals surface area contributed by atoms with Gasteiger partial charge >= 0.3 is 0 Å². The highest BCUT2D eigenvalue weighted by atomic mass is 32.2. The van der Waals surface area contributed by atoms with Gasteiger partial charge in [-0.3, -0.25) is 0 Å². The quantitative estimate of drug-likeness (QED) is 0.755. The van der Waals surface area contributed by atoms with Crippen molar-refractivity contribution < 1.29 is 14.6 Å². The maximum Gasteiger partial charge on any atom is 0.156 e. The molecule has 2 aliphatic rings. The van der Waals surface area contributed by atoms with Gasteiger partial charge in [-0.05, 0) is 32.1 Å². The first-order chi connectivity index (χ1) is 7.65. The van der Waals surface area contributed by atoms with E-state index in [-0.39, 0.29) is 6.29 Å². The van der Waals surface area contributed by atoms with Gasteiger partial charge in [0.1, 0.15) is 0 Å². The molecular formula is C12H22O3S. The minimum Gasteiger partial charge on any atom is -0.390 e. The maximum atomic E-state index is 10.6. The van der Waals surface area contributed by atoms with Crippen LogP contribution in [0.25, 0.3) is 0 Å². The lowest BCUT2D eigenvalue weighted by molar-refractivity contribution is -0.118. The van der Waals surface area contributed by atoms with Gasteiger partial charge in [-0.1, -0.05) is 0 Å². The van der Waals surface area contributed by atoms with E-state index in [0.29, 0.717) is 10.5 Å². The molecule has 4 heteroatoms.